The molecule has 4 rings (SSSR count). The van der Waals surface area contributed by atoms with Crippen molar-refractivity contribution in [1.29, 1.82) is 5.26 Å². The fourth-order valence-electron chi connectivity index (χ4n) is 4.27. The molecule has 0 bridgehead atoms. The third-order valence-electron chi connectivity index (χ3n) is 6.45. The lowest BCUT2D eigenvalue weighted by Crippen LogP contribution is -2.29. The lowest BCUT2D eigenvalue weighted by molar-refractivity contribution is -0.111. The zero-order chi connectivity index (χ0) is 29.7. The van der Waals surface area contributed by atoms with Crippen molar-refractivity contribution in [3.8, 4) is 17.6 Å². The van der Waals surface area contributed by atoms with E-state index in [-0.39, 0.29) is 11.9 Å². The first-order chi connectivity index (χ1) is 19.7. The third-order valence-corrected chi connectivity index (χ3v) is 6.71. The van der Waals surface area contributed by atoms with E-state index >= 15 is 0 Å². The Morgan fingerprint density at radius 1 is 1.22 bits per heavy atom. The predicted octanol–water partition coefficient (Wildman–Crippen LogP) is 4.78. The van der Waals surface area contributed by atoms with Gasteiger partial charge in [-0.25, -0.2) is 9.67 Å². The molecule has 2 heterocycles. The van der Waals surface area contributed by atoms with Crippen molar-refractivity contribution in [2.45, 2.75) is 13.3 Å². The minimum Gasteiger partial charge on any atom is -0.494 e. The van der Waals surface area contributed by atoms with Gasteiger partial charge in [0.15, 0.2) is 5.82 Å². The maximum Gasteiger partial charge on any atom is 0.247 e. The minimum absolute atomic E-state index is 0.243. The topological polar surface area (TPSA) is 124 Å². The number of methoxy groups -OCH3 is 1. The SMILES string of the molecule is C=CC(=O)Nc1cc(Nc2ncc(Cl)c(-n3nc(CC)c4cc(C#N)ccc43)n2)c(OC)cc1N(C)CCN(C)C. The van der Waals surface area contributed by atoms with Gasteiger partial charge < -0.3 is 25.2 Å². The normalized spacial score (nSPS) is 10.9. The number of aryl methyl sites for hydroxylation is 1. The van der Waals surface area contributed by atoms with Crippen LogP contribution in [-0.4, -0.2) is 71.9 Å². The molecule has 0 saturated carbocycles. The smallest absolute Gasteiger partial charge is 0.247 e. The van der Waals surface area contributed by atoms with Crippen molar-refractivity contribution >= 4 is 51.4 Å². The zero-order valence-corrected chi connectivity index (χ0v) is 24.5. The van der Waals surface area contributed by atoms with E-state index in [0.29, 0.717) is 39.9 Å². The van der Waals surface area contributed by atoms with Crippen LogP contribution in [0.4, 0.5) is 23.0 Å². The number of aromatic nitrogens is 4. The zero-order valence-electron chi connectivity index (χ0n) is 23.7. The third kappa shape index (κ3) is 6.40. The Morgan fingerprint density at radius 2 is 2.00 bits per heavy atom. The molecule has 0 aliphatic heterocycles. The summed E-state index contributed by atoms with van der Waals surface area (Å²) < 4.78 is 7.35. The summed E-state index contributed by atoms with van der Waals surface area (Å²) in [6.07, 6.45) is 3.37. The van der Waals surface area contributed by atoms with Crippen LogP contribution in [0.5, 0.6) is 5.75 Å². The molecular formula is C29H32ClN9O2. The standard InChI is InChI=1S/C29H32ClN9O2/c1-7-21-19-13-18(16-31)9-10-24(19)39(36-21)28-20(30)17-32-29(35-28)34-23-14-22(33-27(40)8-2)25(15-26(23)41-6)38(5)12-11-37(3)4/h8-10,13-15,17H,2,7,11-12H2,1,3-6H3,(H,33,40)(H,32,34,35). The van der Waals surface area contributed by atoms with Crippen LogP contribution in [0.3, 0.4) is 0 Å². The van der Waals surface area contributed by atoms with Gasteiger partial charge >= 0.3 is 0 Å². The molecule has 2 aromatic heterocycles. The Balaban J connectivity index is 1.76. The van der Waals surface area contributed by atoms with E-state index in [2.05, 4.69) is 38.1 Å². The summed E-state index contributed by atoms with van der Waals surface area (Å²) in [4.78, 5) is 25.4. The predicted molar refractivity (Wildman–Crippen MR) is 163 cm³/mol. The molecule has 11 nitrogen and oxygen atoms in total. The van der Waals surface area contributed by atoms with Gasteiger partial charge in [-0.15, -0.1) is 0 Å². The second kappa shape index (κ2) is 12.7. The molecule has 12 heteroatoms. The van der Waals surface area contributed by atoms with Gasteiger partial charge in [-0.3, -0.25) is 4.79 Å². The minimum atomic E-state index is -0.342. The maximum absolute atomic E-state index is 12.3. The van der Waals surface area contributed by atoms with E-state index < -0.39 is 0 Å². The van der Waals surface area contributed by atoms with Crippen molar-refractivity contribution < 1.29 is 9.53 Å². The van der Waals surface area contributed by atoms with Gasteiger partial charge in [0, 0.05) is 31.6 Å². The molecule has 0 saturated heterocycles. The number of carbonyl (C=O) groups is 1. The number of fused-ring (bicyclic) bond motifs is 1. The Kier molecular flexibility index (Phi) is 9.07. The van der Waals surface area contributed by atoms with Gasteiger partial charge in [0.25, 0.3) is 0 Å². The van der Waals surface area contributed by atoms with Gasteiger partial charge in [-0.05, 0) is 50.9 Å². The highest BCUT2D eigenvalue weighted by Crippen LogP contribution is 2.38. The molecular weight excluding hydrogens is 542 g/mol. The molecule has 1 amide bonds. The second-order valence-corrected chi connectivity index (χ2v) is 9.94. The van der Waals surface area contributed by atoms with Crippen molar-refractivity contribution in [2.75, 3.05) is 56.9 Å². The van der Waals surface area contributed by atoms with Crippen LogP contribution >= 0.6 is 11.6 Å². The van der Waals surface area contributed by atoms with E-state index in [4.69, 9.17) is 21.4 Å². The van der Waals surface area contributed by atoms with Gasteiger partial charge in [-0.1, -0.05) is 25.1 Å². The highest BCUT2D eigenvalue weighted by Gasteiger charge is 2.19. The van der Waals surface area contributed by atoms with Gasteiger partial charge in [-0.2, -0.15) is 15.3 Å². The highest BCUT2D eigenvalue weighted by atomic mass is 35.5. The van der Waals surface area contributed by atoms with E-state index in [1.165, 1.54) is 12.3 Å². The molecule has 2 N–H and O–H groups in total. The van der Waals surface area contributed by atoms with Crippen LogP contribution in [0.15, 0.2) is 49.2 Å². The number of ether oxygens (including phenoxy) is 1. The molecule has 0 aliphatic rings. The fourth-order valence-corrected chi connectivity index (χ4v) is 4.44. The number of nitriles is 1. The summed E-state index contributed by atoms with van der Waals surface area (Å²) in [5.41, 5.74) is 4.00. The van der Waals surface area contributed by atoms with E-state index in [0.717, 1.165) is 35.4 Å². The average molecular weight is 574 g/mol. The summed E-state index contributed by atoms with van der Waals surface area (Å²) in [6, 6.07) is 11.2. The molecule has 0 atom stereocenters. The summed E-state index contributed by atoms with van der Waals surface area (Å²) in [5, 5.41) is 21.3. The lowest BCUT2D eigenvalue weighted by Gasteiger charge is -2.26. The van der Waals surface area contributed by atoms with Crippen LogP contribution in [0.2, 0.25) is 5.02 Å². The number of nitrogens with zero attached hydrogens (tertiary/aromatic N) is 7. The van der Waals surface area contributed by atoms with Crippen molar-refractivity contribution in [2.24, 2.45) is 0 Å². The first-order valence-corrected chi connectivity index (χ1v) is 13.3. The maximum atomic E-state index is 12.3. The van der Waals surface area contributed by atoms with Crippen molar-refractivity contribution in [1.82, 2.24) is 24.6 Å². The largest absolute Gasteiger partial charge is 0.494 e. The highest BCUT2D eigenvalue weighted by molar-refractivity contribution is 6.32. The molecule has 0 aliphatic carbocycles. The average Bonchev–Trinajstić information content (AvgIpc) is 3.34. The molecule has 0 unspecified atom stereocenters. The number of carbonyl (C=O) groups excluding carboxylic acids is 1. The number of hydrogen-bond acceptors (Lipinski definition) is 9. The number of anilines is 4. The Bertz CT molecular complexity index is 1640. The summed E-state index contributed by atoms with van der Waals surface area (Å²) in [5.74, 6) is 0.797. The number of likely N-dealkylation sites (N-methyl/N-ethyl adjacent to an activating group) is 2. The quantitative estimate of drug-likeness (QED) is 0.244. The summed E-state index contributed by atoms with van der Waals surface area (Å²) in [7, 11) is 7.52. The molecule has 0 fully saturated rings. The van der Waals surface area contributed by atoms with Crippen molar-refractivity contribution in [3.05, 3.63) is 65.5 Å². The molecule has 2 aromatic carbocycles. The molecule has 0 spiro atoms. The van der Waals surface area contributed by atoms with Gasteiger partial charge in [0.1, 0.15) is 10.8 Å². The lowest BCUT2D eigenvalue weighted by atomic mass is 10.1. The Morgan fingerprint density at radius 3 is 2.66 bits per heavy atom. The summed E-state index contributed by atoms with van der Waals surface area (Å²) >= 11 is 6.55. The number of hydrogen-bond donors (Lipinski definition) is 2. The molecule has 212 valence electrons. The van der Waals surface area contributed by atoms with E-state index in [9.17, 15) is 10.1 Å². The summed E-state index contributed by atoms with van der Waals surface area (Å²) in [6.45, 7) is 7.10. The molecule has 4 aromatic rings. The van der Waals surface area contributed by atoms with Crippen LogP contribution in [0, 0.1) is 11.3 Å². The van der Waals surface area contributed by atoms with Crippen LogP contribution in [-0.2, 0) is 11.2 Å². The van der Waals surface area contributed by atoms with Crippen LogP contribution in [0.1, 0.15) is 18.2 Å². The number of nitrogens with one attached hydrogen (secondary N) is 2. The van der Waals surface area contributed by atoms with Crippen LogP contribution in [0.25, 0.3) is 16.7 Å². The Labute approximate surface area is 244 Å². The monoisotopic (exact) mass is 573 g/mol. The van der Waals surface area contributed by atoms with E-state index in [1.54, 1.807) is 23.9 Å². The second-order valence-electron chi connectivity index (χ2n) is 9.53. The van der Waals surface area contributed by atoms with Gasteiger partial charge in [0.2, 0.25) is 11.9 Å². The number of benzene rings is 2. The van der Waals surface area contributed by atoms with E-state index in [1.807, 2.05) is 51.2 Å². The van der Waals surface area contributed by atoms with Crippen LogP contribution < -0.4 is 20.3 Å². The number of halogens is 1. The Hall–Kier alpha value is -4.66. The first-order valence-electron chi connectivity index (χ1n) is 12.9. The van der Waals surface area contributed by atoms with Gasteiger partial charge in [0.05, 0.1) is 53.2 Å². The first kappa shape index (κ1) is 29.3. The van der Waals surface area contributed by atoms with Crippen molar-refractivity contribution in [3.63, 3.8) is 0 Å². The molecule has 41 heavy (non-hydrogen) atoms. The fraction of sp³-hybridized carbons (Fsp3) is 0.276. The molecule has 0 radical (unpaired) electrons. The number of rotatable bonds is 11. The number of amides is 1.